The zero-order valence-electron chi connectivity index (χ0n) is 14.6. The maximum atomic E-state index is 11.2. The molecule has 0 radical (unpaired) electrons. The van der Waals surface area contributed by atoms with E-state index >= 15 is 0 Å². The molecule has 2 aromatic heterocycles. The molecular formula is C20H11ClN4O3S. The van der Waals surface area contributed by atoms with Crippen molar-refractivity contribution < 1.29 is 9.66 Å². The third-order valence-corrected chi connectivity index (χ3v) is 5.13. The van der Waals surface area contributed by atoms with Crippen molar-refractivity contribution in [2.45, 2.75) is 0 Å². The second-order valence-corrected chi connectivity index (χ2v) is 7.24. The van der Waals surface area contributed by atoms with Crippen molar-refractivity contribution in [2.24, 2.45) is 0 Å². The fourth-order valence-electron chi connectivity index (χ4n) is 2.75. The molecule has 0 unspecified atom stereocenters. The number of nitro groups is 1. The number of rotatable bonds is 5. The highest BCUT2D eigenvalue weighted by molar-refractivity contribution is 7.11. The first-order valence-electron chi connectivity index (χ1n) is 8.30. The highest BCUT2D eigenvalue weighted by Gasteiger charge is 2.14. The maximum Gasteiger partial charge on any atom is 0.270 e. The van der Waals surface area contributed by atoms with Gasteiger partial charge in [-0.1, -0.05) is 11.6 Å². The number of non-ortho nitro benzene ring substituents is 1. The van der Waals surface area contributed by atoms with E-state index in [1.54, 1.807) is 24.3 Å². The number of hydrogen-bond donors (Lipinski definition) is 1. The van der Waals surface area contributed by atoms with Crippen LogP contribution in [0.4, 0.5) is 17.1 Å². The Balaban J connectivity index is 1.73. The van der Waals surface area contributed by atoms with Crippen molar-refractivity contribution in [1.82, 2.24) is 4.98 Å². The van der Waals surface area contributed by atoms with Gasteiger partial charge in [-0.15, -0.1) is 11.3 Å². The average molecular weight is 423 g/mol. The summed E-state index contributed by atoms with van der Waals surface area (Å²) in [5.74, 6) is 0.496. The molecule has 0 spiro atoms. The maximum absolute atomic E-state index is 11.2. The molecule has 0 atom stereocenters. The molecule has 0 saturated carbocycles. The Labute approximate surface area is 173 Å². The summed E-state index contributed by atoms with van der Waals surface area (Å²) in [6.45, 7) is 0. The first-order valence-corrected chi connectivity index (χ1v) is 9.56. The number of nitrogens with zero attached hydrogens (tertiary/aromatic N) is 3. The molecule has 0 amide bonds. The quantitative estimate of drug-likeness (QED) is 0.300. The molecule has 0 bridgehead atoms. The van der Waals surface area contributed by atoms with Crippen molar-refractivity contribution in [3.8, 4) is 16.9 Å². The normalized spacial score (nSPS) is 10.5. The minimum absolute atomic E-state index is 0.0878. The number of benzene rings is 2. The van der Waals surface area contributed by atoms with Crippen LogP contribution in [0.5, 0.6) is 10.8 Å². The molecule has 0 aliphatic carbocycles. The lowest BCUT2D eigenvalue weighted by Crippen LogP contribution is -1.98. The molecule has 7 nitrogen and oxygen atoms in total. The van der Waals surface area contributed by atoms with E-state index in [4.69, 9.17) is 16.3 Å². The van der Waals surface area contributed by atoms with Gasteiger partial charge in [0, 0.05) is 29.4 Å². The van der Waals surface area contributed by atoms with Crippen LogP contribution in [-0.2, 0) is 0 Å². The van der Waals surface area contributed by atoms with E-state index in [2.05, 4.69) is 16.4 Å². The number of fused-ring (bicyclic) bond motifs is 1. The van der Waals surface area contributed by atoms with Crippen LogP contribution in [0.2, 0.25) is 5.02 Å². The predicted molar refractivity (Wildman–Crippen MR) is 112 cm³/mol. The predicted octanol–water partition coefficient (Wildman–Crippen LogP) is 6.27. The molecule has 0 aliphatic rings. The van der Waals surface area contributed by atoms with E-state index < -0.39 is 4.92 Å². The van der Waals surface area contributed by atoms with Crippen molar-refractivity contribution in [2.75, 3.05) is 5.32 Å². The smallest absolute Gasteiger partial charge is 0.270 e. The molecule has 9 heteroatoms. The summed E-state index contributed by atoms with van der Waals surface area (Å²) < 4.78 is 5.73. The molecule has 2 heterocycles. The fraction of sp³-hybridized carbons (Fsp3) is 0. The summed E-state index contributed by atoms with van der Waals surface area (Å²) in [5.41, 5.74) is 1.72. The lowest BCUT2D eigenvalue weighted by molar-refractivity contribution is -0.384. The third-order valence-electron chi connectivity index (χ3n) is 4.09. The SMILES string of the molecule is N#Cc1cnc2ccc([N+](=O)[O-])cc2c1Nc1ccc(Oc2cccs2)c(Cl)c1. The van der Waals surface area contributed by atoms with Crippen LogP contribution in [0.15, 0.2) is 60.1 Å². The molecule has 2 aromatic carbocycles. The van der Waals surface area contributed by atoms with Gasteiger partial charge in [-0.2, -0.15) is 5.26 Å². The number of pyridine rings is 1. The minimum atomic E-state index is -0.490. The number of aromatic nitrogens is 1. The topological polar surface area (TPSA) is 101 Å². The number of thiophene rings is 1. The van der Waals surface area contributed by atoms with Crippen molar-refractivity contribution >= 4 is 50.9 Å². The summed E-state index contributed by atoms with van der Waals surface area (Å²) in [6.07, 6.45) is 1.42. The van der Waals surface area contributed by atoms with Gasteiger partial charge in [0.15, 0.2) is 5.06 Å². The zero-order valence-corrected chi connectivity index (χ0v) is 16.2. The van der Waals surface area contributed by atoms with Gasteiger partial charge in [-0.3, -0.25) is 15.1 Å². The van der Waals surface area contributed by atoms with Crippen LogP contribution in [0.3, 0.4) is 0 Å². The van der Waals surface area contributed by atoms with Crippen molar-refractivity contribution in [3.63, 3.8) is 0 Å². The number of nitrogens with one attached hydrogen (secondary N) is 1. The van der Waals surface area contributed by atoms with Crippen molar-refractivity contribution in [3.05, 3.63) is 80.8 Å². The second-order valence-electron chi connectivity index (χ2n) is 5.92. The van der Waals surface area contributed by atoms with E-state index in [9.17, 15) is 15.4 Å². The Morgan fingerprint density at radius 3 is 2.79 bits per heavy atom. The van der Waals surface area contributed by atoms with Crippen LogP contribution in [0.1, 0.15) is 5.56 Å². The summed E-state index contributed by atoms with van der Waals surface area (Å²) in [4.78, 5) is 14.9. The Bertz CT molecular complexity index is 1270. The zero-order chi connectivity index (χ0) is 20.4. The number of halogens is 1. The van der Waals surface area contributed by atoms with E-state index in [1.165, 1.54) is 29.7 Å². The van der Waals surface area contributed by atoms with Gasteiger partial charge < -0.3 is 10.1 Å². The highest BCUT2D eigenvalue weighted by Crippen LogP contribution is 2.36. The molecule has 29 heavy (non-hydrogen) atoms. The van der Waals surface area contributed by atoms with E-state index in [-0.39, 0.29) is 11.3 Å². The van der Waals surface area contributed by atoms with E-state index in [0.29, 0.717) is 38.1 Å². The molecular weight excluding hydrogens is 412 g/mol. The molecule has 142 valence electrons. The molecule has 1 N–H and O–H groups in total. The van der Waals surface area contributed by atoms with Crippen molar-refractivity contribution in [1.29, 1.82) is 5.26 Å². The Morgan fingerprint density at radius 2 is 2.10 bits per heavy atom. The monoisotopic (exact) mass is 422 g/mol. The summed E-state index contributed by atoms with van der Waals surface area (Å²) in [5, 5.41) is 27.2. The number of hydrogen-bond acceptors (Lipinski definition) is 7. The lowest BCUT2D eigenvalue weighted by Gasteiger charge is -2.13. The average Bonchev–Trinajstić information content (AvgIpc) is 3.23. The van der Waals surface area contributed by atoms with Gasteiger partial charge in [0.25, 0.3) is 5.69 Å². The standard InChI is InChI=1S/C20H11ClN4O3S/c21-16-8-13(3-6-18(16)28-19-2-1-7-29-19)24-20-12(10-22)11-23-17-5-4-14(25(26)27)9-15(17)20/h1-9,11H,(H,23,24). The fourth-order valence-corrected chi connectivity index (χ4v) is 3.55. The Hall–Kier alpha value is -3.67. The van der Waals surface area contributed by atoms with Gasteiger partial charge in [-0.25, -0.2) is 0 Å². The van der Waals surface area contributed by atoms with E-state index in [0.717, 1.165) is 0 Å². The highest BCUT2D eigenvalue weighted by atomic mass is 35.5. The van der Waals surface area contributed by atoms with Crippen LogP contribution >= 0.6 is 22.9 Å². The van der Waals surface area contributed by atoms with Crippen LogP contribution in [0, 0.1) is 21.4 Å². The molecule has 0 saturated heterocycles. The largest absolute Gasteiger partial charge is 0.445 e. The molecule has 0 aliphatic heterocycles. The van der Waals surface area contributed by atoms with Crippen LogP contribution in [-0.4, -0.2) is 9.91 Å². The summed E-state index contributed by atoms with van der Waals surface area (Å²) in [7, 11) is 0. The van der Waals surface area contributed by atoms with Crippen LogP contribution < -0.4 is 10.1 Å². The number of nitriles is 1. The first-order chi connectivity index (χ1) is 14.0. The third kappa shape index (κ3) is 3.82. The second kappa shape index (κ2) is 7.75. The first kappa shape index (κ1) is 18.7. The van der Waals surface area contributed by atoms with Gasteiger partial charge in [-0.05, 0) is 41.8 Å². The van der Waals surface area contributed by atoms with Crippen LogP contribution in [0.25, 0.3) is 10.9 Å². The minimum Gasteiger partial charge on any atom is -0.445 e. The van der Waals surface area contributed by atoms with Gasteiger partial charge in [0.1, 0.15) is 11.8 Å². The van der Waals surface area contributed by atoms with E-state index in [1.807, 2.05) is 17.5 Å². The molecule has 4 rings (SSSR count). The summed E-state index contributed by atoms with van der Waals surface area (Å²) >= 11 is 7.79. The Morgan fingerprint density at radius 1 is 1.24 bits per heavy atom. The number of anilines is 2. The molecule has 4 aromatic rings. The van der Waals surface area contributed by atoms with Gasteiger partial charge >= 0.3 is 0 Å². The van der Waals surface area contributed by atoms with Gasteiger partial charge in [0.2, 0.25) is 0 Å². The Kier molecular flexibility index (Phi) is 4.99. The molecule has 0 fully saturated rings. The number of nitro benzene ring substituents is 1. The lowest BCUT2D eigenvalue weighted by atomic mass is 10.1. The number of ether oxygens (including phenoxy) is 1. The van der Waals surface area contributed by atoms with Gasteiger partial charge in [0.05, 0.1) is 26.7 Å². The summed E-state index contributed by atoms with van der Waals surface area (Å²) in [6, 6.07) is 15.2.